The first kappa shape index (κ1) is 11.9. The highest BCUT2D eigenvalue weighted by Gasteiger charge is 2.26. The molecule has 1 saturated heterocycles. The molecule has 1 rings (SSSR count). The van der Waals surface area contributed by atoms with E-state index >= 15 is 0 Å². The van der Waals surface area contributed by atoms with Gasteiger partial charge >= 0.3 is 0 Å². The van der Waals surface area contributed by atoms with Crippen molar-refractivity contribution in [1.29, 1.82) is 0 Å². The van der Waals surface area contributed by atoms with E-state index in [-0.39, 0.29) is 0 Å². The zero-order valence-electron chi connectivity index (χ0n) is 9.45. The fourth-order valence-corrected chi connectivity index (χ4v) is 2.10. The van der Waals surface area contributed by atoms with Gasteiger partial charge in [-0.1, -0.05) is 6.92 Å². The van der Waals surface area contributed by atoms with Gasteiger partial charge in [0.2, 0.25) is 0 Å². The summed E-state index contributed by atoms with van der Waals surface area (Å²) in [6, 6.07) is 1.12. The average molecular weight is 202 g/mol. The minimum Gasteiger partial charge on any atom is -0.317 e. The maximum Gasteiger partial charge on any atom is 0.0978 e. The Morgan fingerprint density at radius 1 is 1.50 bits per heavy atom. The molecule has 4 heteroatoms. The number of likely N-dealkylation sites (tertiary alicyclic amines) is 1. The second kappa shape index (κ2) is 6.35. The number of nitrogens with one attached hydrogen (secondary N) is 1. The molecular weight excluding hydrogens is 180 g/mol. The number of piperidine rings is 1. The predicted octanol–water partition coefficient (Wildman–Crippen LogP) is 0.637. The van der Waals surface area contributed by atoms with Crippen LogP contribution >= 0.6 is 0 Å². The van der Waals surface area contributed by atoms with E-state index in [1.807, 2.05) is 7.05 Å². The van der Waals surface area contributed by atoms with E-state index in [0.717, 1.165) is 19.5 Å². The Morgan fingerprint density at radius 2 is 2.29 bits per heavy atom. The summed E-state index contributed by atoms with van der Waals surface area (Å²) >= 11 is 0. The molecule has 0 aliphatic carbocycles. The molecule has 1 heterocycles. The largest absolute Gasteiger partial charge is 0.317 e. The lowest BCUT2D eigenvalue weighted by molar-refractivity contribution is -0.281. The molecule has 1 aliphatic heterocycles. The number of hydrogen-bond donors (Lipinski definition) is 1. The third-order valence-corrected chi connectivity index (χ3v) is 3.03. The summed E-state index contributed by atoms with van der Waals surface area (Å²) in [4.78, 5) is 12.1. The van der Waals surface area contributed by atoms with Crippen LogP contribution in [-0.2, 0) is 9.78 Å². The van der Waals surface area contributed by atoms with Crippen LogP contribution in [0.15, 0.2) is 0 Å². The van der Waals surface area contributed by atoms with Crippen molar-refractivity contribution >= 4 is 0 Å². The zero-order chi connectivity index (χ0) is 10.4. The van der Waals surface area contributed by atoms with Crippen LogP contribution < -0.4 is 5.32 Å². The molecule has 1 fully saturated rings. The van der Waals surface area contributed by atoms with Crippen molar-refractivity contribution in [3.05, 3.63) is 0 Å². The van der Waals surface area contributed by atoms with Crippen molar-refractivity contribution in [2.45, 2.75) is 31.8 Å². The van der Waals surface area contributed by atoms with E-state index in [1.165, 1.54) is 6.42 Å². The predicted molar refractivity (Wildman–Crippen MR) is 56.1 cm³/mol. The number of nitrogens with zero attached hydrogens (tertiary/aromatic N) is 1. The molecule has 0 bridgehead atoms. The Labute approximate surface area is 86.5 Å². The van der Waals surface area contributed by atoms with Crippen molar-refractivity contribution in [2.75, 3.05) is 33.9 Å². The standard InChI is InChI=1S/C10H22N2O2/c1-4-12-6-5-9(11-2)7-10(12)8-14-13-3/h9-11H,4-8H2,1-3H3. The van der Waals surface area contributed by atoms with E-state index in [2.05, 4.69) is 22.0 Å². The molecule has 0 saturated carbocycles. The molecule has 0 spiro atoms. The Hall–Kier alpha value is -0.160. The highest BCUT2D eigenvalue weighted by atomic mass is 17.2. The summed E-state index contributed by atoms with van der Waals surface area (Å²) in [6.07, 6.45) is 2.38. The van der Waals surface area contributed by atoms with Crippen LogP contribution in [0.5, 0.6) is 0 Å². The fourth-order valence-electron chi connectivity index (χ4n) is 2.10. The van der Waals surface area contributed by atoms with Gasteiger partial charge in [-0.05, 0) is 33.0 Å². The summed E-state index contributed by atoms with van der Waals surface area (Å²) in [7, 11) is 3.59. The highest BCUT2D eigenvalue weighted by Crippen LogP contribution is 2.17. The third-order valence-electron chi connectivity index (χ3n) is 3.03. The summed E-state index contributed by atoms with van der Waals surface area (Å²) in [5.74, 6) is 0. The number of rotatable bonds is 5. The van der Waals surface area contributed by atoms with Crippen molar-refractivity contribution < 1.29 is 9.78 Å². The first-order chi connectivity index (χ1) is 6.81. The van der Waals surface area contributed by atoms with E-state index in [4.69, 9.17) is 4.89 Å². The van der Waals surface area contributed by atoms with Crippen LogP contribution in [0.4, 0.5) is 0 Å². The molecule has 2 unspecified atom stereocenters. The van der Waals surface area contributed by atoms with Gasteiger partial charge in [0.25, 0.3) is 0 Å². The molecule has 0 aromatic heterocycles. The summed E-state index contributed by atoms with van der Waals surface area (Å²) in [5.41, 5.74) is 0. The van der Waals surface area contributed by atoms with Gasteiger partial charge in [-0.15, -0.1) is 0 Å². The summed E-state index contributed by atoms with van der Waals surface area (Å²) < 4.78 is 0. The van der Waals surface area contributed by atoms with Crippen molar-refractivity contribution in [3.8, 4) is 0 Å². The number of likely N-dealkylation sites (N-methyl/N-ethyl adjacent to an activating group) is 1. The quantitative estimate of drug-likeness (QED) is 0.524. The molecule has 1 N–H and O–H groups in total. The smallest absolute Gasteiger partial charge is 0.0978 e. The van der Waals surface area contributed by atoms with Gasteiger partial charge in [0.05, 0.1) is 13.7 Å². The molecule has 0 amide bonds. The van der Waals surface area contributed by atoms with Gasteiger partial charge in [0, 0.05) is 12.1 Å². The molecule has 84 valence electrons. The van der Waals surface area contributed by atoms with Gasteiger partial charge in [-0.3, -0.25) is 4.90 Å². The fraction of sp³-hybridized carbons (Fsp3) is 1.00. The van der Waals surface area contributed by atoms with E-state index in [0.29, 0.717) is 18.7 Å². The van der Waals surface area contributed by atoms with Crippen LogP contribution in [-0.4, -0.2) is 50.8 Å². The van der Waals surface area contributed by atoms with Crippen LogP contribution in [0.3, 0.4) is 0 Å². The SMILES string of the molecule is CCN1CCC(NC)CC1COOC. The third kappa shape index (κ3) is 3.20. The topological polar surface area (TPSA) is 33.7 Å². The average Bonchev–Trinajstić information content (AvgIpc) is 2.25. The lowest BCUT2D eigenvalue weighted by Gasteiger charge is -2.38. The van der Waals surface area contributed by atoms with Crippen LogP contribution in [0, 0.1) is 0 Å². The zero-order valence-corrected chi connectivity index (χ0v) is 9.45. The van der Waals surface area contributed by atoms with Gasteiger partial charge < -0.3 is 5.32 Å². The lowest BCUT2D eigenvalue weighted by Crippen LogP contribution is -2.49. The molecule has 0 radical (unpaired) electrons. The van der Waals surface area contributed by atoms with Crippen molar-refractivity contribution in [3.63, 3.8) is 0 Å². The second-order valence-electron chi connectivity index (χ2n) is 3.74. The Kier molecular flexibility index (Phi) is 5.40. The summed E-state index contributed by atoms with van der Waals surface area (Å²) in [5, 5.41) is 3.33. The molecule has 0 aromatic rings. The van der Waals surface area contributed by atoms with Crippen LogP contribution in [0.25, 0.3) is 0 Å². The van der Waals surface area contributed by atoms with Crippen LogP contribution in [0.1, 0.15) is 19.8 Å². The molecular formula is C10H22N2O2. The lowest BCUT2D eigenvalue weighted by atomic mass is 9.98. The van der Waals surface area contributed by atoms with Crippen LogP contribution in [0.2, 0.25) is 0 Å². The van der Waals surface area contributed by atoms with E-state index < -0.39 is 0 Å². The Balaban J connectivity index is 2.38. The first-order valence-corrected chi connectivity index (χ1v) is 5.38. The maximum absolute atomic E-state index is 5.03. The number of hydrogen-bond acceptors (Lipinski definition) is 4. The molecule has 2 atom stereocenters. The van der Waals surface area contributed by atoms with Gasteiger partial charge in [-0.2, -0.15) is 0 Å². The highest BCUT2D eigenvalue weighted by molar-refractivity contribution is 4.83. The van der Waals surface area contributed by atoms with Gasteiger partial charge in [0.15, 0.2) is 0 Å². The van der Waals surface area contributed by atoms with Gasteiger partial charge in [-0.25, -0.2) is 9.78 Å². The second-order valence-corrected chi connectivity index (χ2v) is 3.74. The monoisotopic (exact) mass is 202 g/mol. The maximum atomic E-state index is 5.03. The van der Waals surface area contributed by atoms with Crippen molar-refractivity contribution in [1.82, 2.24) is 10.2 Å². The molecule has 1 aliphatic rings. The first-order valence-electron chi connectivity index (χ1n) is 5.38. The minimum absolute atomic E-state index is 0.492. The van der Waals surface area contributed by atoms with E-state index in [9.17, 15) is 0 Å². The van der Waals surface area contributed by atoms with Crippen molar-refractivity contribution in [2.24, 2.45) is 0 Å². The Morgan fingerprint density at radius 3 is 2.86 bits per heavy atom. The Bertz CT molecular complexity index is 155. The van der Waals surface area contributed by atoms with E-state index in [1.54, 1.807) is 7.11 Å². The van der Waals surface area contributed by atoms with Gasteiger partial charge in [0.1, 0.15) is 0 Å². The normalized spacial score (nSPS) is 29.4. The molecule has 14 heavy (non-hydrogen) atoms. The summed E-state index contributed by atoms with van der Waals surface area (Å²) in [6.45, 7) is 5.11. The molecule has 0 aromatic carbocycles. The molecule has 4 nitrogen and oxygen atoms in total. The minimum atomic E-state index is 0.492.